The van der Waals surface area contributed by atoms with E-state index >= 15 is 0 Å². The number of carbonyl (C=O) groups excluding carboxylic acids is 1. The number of carbonyl (C=O) groups is 1. The van der Waals surface area contributed by atoms with Gasteiger partial charge in [0.1, 0.15) is 17.2 Å². The Morgan fingerprint density at radius 2 is 1.58 bits per heavy atom. The van der Waals surface area contributed by atoms with Crippen LogP contribution in [0.5, 0.6) is 11.5 Å². The highest BCUT2D eigenvalue weighted by Gasteiger charge is 2.27. The molecular formula is C30H31N3O3. The zero-order valence-corrected chi connectivity index (χ0v) is 20.8. The van der Waals surface area contributed by atoms with Crippen LogP contribution in [0.2, 0.25) is 0 Å². The summed E-state index contributed by atoms with van der Waals surface area (Å²) in [7, 11) is 3.25. The molecule has 6 nitrogen and oxygen atoms in total. The molecule has 36 heavy (non-hydrogen) atoms. The Balaban J connectivity index is 1.41. The fourth-order valence-corrected chi connectivity index (χ4v) is 4.89. The lowest BCUT2D eigenvalue weighted by molar-refractivity contribution is 0.0681. The number of amides is 1. The van der Waals surface area contributed by atoms with Gasteiger partial charge in [-0.05, 0) is 61.1 Å². The van der Waals surface area contributed by atoms with Crippen LogP contribution in [-0.4, -0.2) is 47.9 Å². The van der Waals surface area contributed by atoms with E-state index in [2.05, 4.69) is 30.3 Å². The fraction of sp³-hybridized carbons (Fsp3) is 0.267. The van der Waals surface area contributed by atoms with Crippen molar-refractivity contribution in [3.63, 3.8) is 0 Å². The van der Waals surface area contributed by atoms with Gasteiger partial charge in [0.05, 0.1) is 25.6 Å². The summed E-state index contributed by atoms with van der Waals surface area (Å²) < 4.78 is 12.7. The van der Waals surface area contributed by atoms with Crippen molar-refractivity contribution in [2.24, 2.45) is 5.92 Å². The molecule has 1 aromatic heterocycles. The lowest BCUT2D eigenvalue weighted by atomic mass is 9.90. The van der Waals surface area contributed by atoms with Gasteiger partial charge in [-0.2, -0.15) is 5.10 Å². The van der Waals surface area contributed by atoms with Crippen LogP contribution in [0.4, 0.5) is 0 Å². The Kier molecular flexibility index (Phi) is 7.03. The Bertz CT molecular complexity index is 1310. The molecule has 1 saturated heterocycles. The highest BCUT2D eigenvalue weighted by atomic mass is 16.5. The molecule has 1 fully saturated rings. The van der Waals surface area contributed by atoms with Gasteiger partial charge in [-0.25, -0.2) is 4.68 Å². The molecule has 5 rings (SSSR count). The van der Waals surface area contributed by atoms with Crippen molar-refractivity contribution in [1.82, 2.24) is 14.7 Å². The van der Waals surface area contributed by atoms with Gasteiger partial charge in [0.25, 0.3) is 5.91 Å². The van der Waals surface area contributed by atoms with Gasteiger partial charge in [-0.3, -0.25) is 4.79 Å². The molecule has 2 heterocycles. The molecule has 1 aliphatic heterocycles. The number of benzene rings is 3. The Morgan fingerprint density at radius 1 is 0.889 bits per heavy atom. The molecule has 1 amide bonds. The molecule has 0 unspecified atom stereocenters. The summed E-state index contributed by atoms with van der Waals surface area (Å²) in [6, 6.07) is 27.9. The van der Waals surface area contributed by atoms with Crippen LogP contribution in [0.3, 0.4) is 0 Å². The number of aromatic nitrogens is 2. The molecule has 1 aliphatic rings. The van der Waals surface area contributed by atoms with Crippen molar-refractivity contribution >= 4 is 5.91 Å². The molecule has 6 heteroatoms. The van der Waals surface area contributed by atoms with E-state index in [0.29, 0.717) is 28.8 Å². The SMILES string of the molecule is COc1ccc(-c2cc(C(=O)N3CCC(Cc4ccccc4)CC3)n(-c3ccccc3)n2)c(OC)c1. The Morgan fingerprint density at radius 3 is 2.25 bits per heavy atom. The quantitative estimate of drug-likeness (QED) is 0.342. The minimum atomic E-state index is 0.00300. The van der Waals surface area contributed by atoms with E-state index in [0.717, 1.165) is 43.6 Å². The number of nitrogens with zero attached hydrogens (tertiary/aromatic N) is 3. The van der Waals surface area contributed by atoms with E-state index in [4.69, 9.17) is 14.6 Å². The van der Waals surface area contributed by atoms with E-state index in [1.54, 1.807) is 18.9 Å². The first-order valence-electron chi connectivity index (χ1n) is 12.4. The van der Waals surface area contributed by atoms with Crippen LogP contribution in [0.25, 0.3) is 16.9 Å². The second-order valence-corrected chi connectivity index (χ2v) is 9.15. The summed E-state index contributed by atoms with van der Waals surface area (Å²) in [5.74, 6) is 1.94. The first kappa shape index (κ1) is 23.7. The maximum atomic E-state index is 13.8. The first-order chi connectivity index (χ1) is 17.7. The number of hydrogen-bond donors (Lipinski definition) is 0. The predicted octanol–water partition coefficient (Wildman–Crippen LogP) is 5.65. The van der Waals surface area contributed by atoms with Crippen LogP contribution in [0.1, 0.15) is 28.9 Å². The largest absolute Gasteiger partial charge is 0.497 e. The summed E-state index contributed by atoms with van der Waals surface area (Å²) >= 11 is 0. The first-order valence-corrected chi connectivity index (χ1v) is 12.4. The normalized spacial score (nSPS) is 14.0. The van der Waals surface area contributed by atoms with Crippen LogP contribution in [0, 0.1) is 5.92 Å². The van der Waals surface area contributed by atoms with Crippen molar-refractivity contribution < 1.29 is 14.3 Å². The second-order valence-electron chi connectivity index (χ2n) is 9.15. The highest BCUT2D eigenvalue weighted by molar-refractivity contribution is 5.94. The molecule has 0 saturated carbocycles. The molecule has 0 spiro atoms. The number of hydrogen-bond acceptors (Lipinski definition) is 4. The van der Waals surface area contributed by atoms with Gasteiger partial charge in [0.15, 0.2) is 0 Å². The third-order valence-electron chi connectivity index (χ3n) is 6.88. The van der Waals surface area contributed by atoms with Gasteiger partial charge >= 0.3 is 0 Å². The highest BCUT2D eigenvalue weighted by Crippen LogP contribution is 2.34. The lowest BCUT2D eigenvalue weighted by Gasteiger charge is -2.32. The van der Waals surface area contributed by atoms with E-state index in [1.165, 1.54) is 5.56 Å². The number of piperidine rings is 1. The third kappa shape index (κ3) is 4.98. The van der Waals surface area contributed by atoms with Crippen LogP contribution < -0.4 is 9.47 Å². The topological polar surface area (TPSA) is 56.6 Å². The number of rotatable bonds is 7. The fourth-order valence-electron chi connectivity index (χ4n) is 4.89. The van der Waals surface area contributed by atoms with Gasteiger partial charge in [0, 0.05) is 24.7 Å². The zero-order chi connectivity index (χ0) is 24.9. The van der Waals surface area contributed by atoms with Gasteiger partial charge in [0.2, 0.25) is 0 Å². The van der Waals surface area contributed by atoms with E-state index < -0.39 is 0 Å². The van der Waals surface area contributed by atoms with Crippen molar-refractivity contribution in [1.29, 1.82) is 0 Å². The van der Waals surface area contributed by atoms with E-state index in [-0.39, 0.29) is 5.91 Å². The van der Waals surface area contributed by atoms with Crippen LogP contribution in [-0.2, 0) is 6.42 Å². The van der Waals surface area contributed by atoms with Gasteiger partial charge < -0.3 is 14.4 Å². The van der Waals surface area contributed by atoms with Gasteiger partial charge in [-0.1, -0.05) is 48.5 Å². The molecule has 0 aliphatic carbocycles. The third-order valence-corrected chi connectivity index (χ3v) is 6.88. The summed E-state index contributed by atoms with van der Waals surface area (Å²) in [4.78, 5) is 15.7. The molecular weight excluding hydrogens is 450 g/mol. The van der Waals surface area contributed by atoms with Crippen LogP contribution >= 0.6 is 0 Å². The monoisotopic (exact) mass is 481 g/mol. The summed E-state index contributed by atoms with van der Waals surface area (Å²) in [6.07, 6.45) is 3.06. The molecule has 0 atom stereocenters. The summed E-state index contributed by atoms with van der Waals surface area (Å²) in [5.41, 5.74) is 4.25. The van der Waals surface area contributed by atoms with Crippen molar-refractivity contribution in [3.8, 4) is 28.4 Å². The zero-order valence-electron chi connectivity index (χ0n) is 20.8. The molecule has 0 radical (unpaired) electrons. The number of likely N-dealkylation sites (tertiary alicyclic amines) is 1. The number of para-hydroxylation sites is 1. The van der Waals surface area contributed by atoms with Crippen molar-refractivity contribution in [2.45, 2.75) is 19.3 Å². The molecule has 4 aromatic rings. The summed E-state index contributed by atoms with van der Waals surface area (Å²) in [5, 5.41) is 4.85. The van der Waals surface area contributed by atoms with E-state index in [1.807, 2.05) is 59.5 Å². The molecule has 3 aromatic carbocycles. The standard InChI is InChI=1S/C30H31N3O3/c1-35-25-13-14-26(29(20-25)36-2)27-21-28(33(31-27)24-11-7-4-8-12-24)30(34)32-17-15-23(16-18-32)19-22-9-5-3-6-10-22/h3-14,20-21,23H,15-19H2,1-2H3. The minimum Gasteiger partial charge on any atom is -0.497 e. The Labute approximate surface area is 212 Å². The smallest absolute Gasteiger partial charge is 0.272 e. The Hall–Kier alpha value is -4.06. The maximum Gasteiger partial charge on any atom is 0.272 e. The van der Waals surface area contributed by atoms with Crippen LogP contribution in [0.15, 0.2) is 84.9 Å². The van der Waals surface area contributed by atoms with Gasteiger partial charge in [-0.15, -0.1) is 0 Å². The van der Waals surface area contributed by atoms with Crippen molar-refractivity contribution in [2.75, 3.05) is 27.3 Å². The number of ether oxygens (including phenoxy) is 2. The molecule has 0 bridgehead atoms. The average molecular weight is 482 g/mol. The molecule has 0 N–H and O–H groups in total. The number of methoxy groups -OCH3 is 2. The van der Waals surface area contributed by atoms with Crippen molar-refractivity contribution in [3.05, 3.63) is 96.2 Å². The summed E-state index contributed by atoms with van der Waals surface area (Å²) in [6.45, 7) is 1.50. The van der Waals surface area contributed by atoms with E-state index in [9.17, 15) is 4.79 Å². The second kappa shape index (κ2) is 10.7. The lowest BCUT2D eigenvalue weighted by Crippen LogP contribution is -2.39. The maximum absolute atomic E-state index is 13.8. The predicted molar refractivity (Wildman–Crippen MR) is 141 cm³/mol. The average Bonchev–Trinajstić information content (AvgIpc) is 3.39. The minimum absolute atomic E-state index is 0.00300. The molecule has 184 valence electrons.